The molecule has 2 aromatic carbocycles. The van der Waals surface area contributed by atoms with Gasteiger partial charge in [-0.1, -0.05) is 35.9 Å². The lowest BCUT2D eigenvalue weighted by molar-refractivity contribution is -0.121. The summed E-state index contributed by atoms with van der Waals surface area (Å²) in [6.07, 6.45) is 0.164. The highest BCUT2D eigenvalue weighted by Gasteiger charge is 2.18. The number of hydrogen-bond acceptors (Lipinski definition) is 4. The Morgan fingerprint density at radius 3 is 2.64 bits per heavy atom. The van der Waals surface area contributed by atoms with Gasteiger partial charge in [0.25, 0.3) is 0 Å². The molecule has 2 aromatic heterocycles. The van der Waals surface area contributed by atoms with Crippen molar-refractivity contribution in [3.05, 3.63) is 92.1 Å². The molecule has 1 N–H and O–H groups in total. The van der Waals surface area contributed by atoms with Crippen LogP contribution in [0, 0.1) is 0 Å². The first-order chi connectivity index (χ1) is 13.6. The summed E-state index contributed by atoms with van der Waals surface area (Å²) in [6, 6.07) is 16.3. The topological polar surface area (TPSA) is 64.2 Å². The minimum atomic E-state index is -0.457. The summed E-state index contributed by atoms with van der Waals surface area (Å²) in [4.78, 5) is 24.7. The van der Waals surface area contributed by atoms with Gasteiger partial charge in [0.15, 0.2) is 5.58 Å². The lowest BCUT2D eigenvalue weighted by atomic mass is 10.0. The van der Waals surface area contributed by atoms with Crippen LogP contribution in [0.4, 0.5) is 0 Å². The number of amides is 1. The van der Waals surface area contributed by atoms with Gasteiger partial charge >= 0.3 is 5.76 Å². The number of fused-ring (bicyclic) bond motifs is 1. The van der Waals surface area contributed by atoms with E-state index >= 15 is 0 Å². The van der Waals surface area contributed by atoms with E-state index in [4.69, 9.17) is 16.0 Å². The molecule has 1 atom stereocenters. The Labute approximate surface area is 170 Å². The Kier molecular flexibility index (Phi) is 5.32. The third kappa shape index (κ3) is 3.88. The monoisotopic (exact) mass is 412 g/mol. The average molecular weight is 413 g/mol. The number of oxazole rings is 1. The summed E-state index contributed by atoms with van der Waals surface area (Å²) in [5, 5.41) is 7.69. The van der Waals surface area contributed by atoms with Gasteiger partial charge in [0.2, 0.25) is 5.91 Å². The summed E-state index contributed by atoms with van der Waals surface area (Å²) >= 11 is 7.56. The highest BCUT2D eigenvalue weighted by molar-refractivity contribution is 7.08. The number of rotatable bonds is 6. The van der Waals surface area contributed by atoms with Crippen LogP contribution in [0.2, 0.25) is 5.02 Å². The van der Waals surface area contributed by atoms with Gasteiger partial charge in [-0.25, -0.2) is 4.79 Å². The van der Waals surface area contributed by atoms with Gasteiger partial charge in [-0.2, -0.15) is 11.3 Å². The van der Waals surface area contributed by atoms with Crippen molar-refractivity contribution >= 4 is 39.9 Å². The second-order valence-electron chi connectivity index (χ2n) is 6.35. The Morgan fingerprint density at radius 1 is 1.11 bits per heavy atom. The molecule has 0 spiro atoms. The van der Waals surface area contributed by atoms with Gasteiger partial charge in [-0.15, -0.1) is 0 Å². The van der Waals surface area contributed by atoms with E-state index in [1.807, 2.05) is 35.0 Å². The number of nitrogens with zero attached hydrogens (tertiary/aromatic N) is 1. The highest BCUT2D eigenvalue weighted by atomic mass is 35.5. The van der Waals surface area contributed by atoms with E-state index in [9.17, 15) is 9.59 Å². The van der Waals surface area contributed by atoms with E-state index in [0.717, 1.165) is 11.1 Å². The number of aryl methyl sites for hydroxylation is 1. The van der Waals surface area contributed by atoms with Crippen LogP contribution in [0.25, 0.3) is 11.1 Å². The van der Waals surface area contributed by atoms with Crippen LogP contribution >= 0.6 is 22.9 Å². The maximum absolute atomic E-state index is 12.7. The number of carbonyl (C=O) groups is 1. The molecule has 0 aliphatic heterocycles. The van der Waals surface area contributed by atoms with Crippen molar-refractivity contribution in [2.45, 2.75) is 19.0 Å². The highest BCUT2D eigenvalue weighted by Crippen LogP contribution is 2.25. The van der Waals surface area contributed by atoms with Crippen molar-refractivity contribution in [3.63, 3.8) is 0 Å². The van der Waals surface area contributed by atoms with Crippen molar-refractivity contribution in [3.8, 4) is 0 Å². The van der Waals surface area contributed by atoms with Crippen LogP contribution in [0.5, 0.6) is 0 Å². The molecule has 7 heteroatoms. The minimum Gasteiger partial charge on any atom is -0.408 e. The number of nitrogens with one attached hydrogen (secondary N) is 1. The number of carbonyl (C=O) groups excluding carboxylic acids is 1. The van der Waals surface area contributed by atoms with Gasteiger partial charge < -0.3 is 9.73 Å². The zero-order valence-corrected chi connectivity index (χ0v) is 16.4. The molecule has 142 valence electrons. The van der Waals surface area contributed by atoms with Crippen LogP contribution < -0.4 is 11.1 Å². The fourth-order valence-electron chi connectivity index (χ4n) is 3.13. The zero-order chi connectivity index (χ0) is 19.5. The molecule has 1 amide bonds. The fraction of sp³-hybridized carbons (Fsp3) is 0.143. The van der Waals surface area contributed by atoms with Crippen molar-refractivity contribution in [2.75, 3.05) is 0 Å². The van der Waals surface area contributed by atoms with E-state index in [-0.39, 0.29) is 24.9 Å². The molecule has 0 bridgehead atoms. The zero-order valence-electron chi connectivity index (χ0n) is 14.8. The number of thiophene rings is 1. The first-order valence-corrected chi connectivity index (χ1v) is 10.1. The summed E-state index contributed by atoms with van der Waals surface area (Å²) in [5.74, 6) is -0.607. The molecular weight excluding hydrogens is 396 g/mol. The Balaban J connectivity index is 1.51. The Morgan fingerprint density at radius 2 is 1.89 bits per heavy atom. The fourth-order valence-corrected chi connectivity index (χ4v) is 3.94. The number of hydrogen-bond donors (Lipinski definition) is 1. The number of para-hydroxylation sites is 2. The van der Waals surface area contributed by atoms with Gasteiger partial charge in [0.1, 0.15) is 0 Å². The summed E-state index contributed by atoms with van der Waals surface area (Å²) in [7, 11) is 0. The van der Waals surface area contributed by atoms with Crippen LogP contribution in [0.15, 0.2) is 74.6 Å². The number of benzene rings is 2. The molecule has 1 unspecified atom stereocenters. The van der Waals surface area contributed by atoms with Gasteiger partial charge in [0, 0.05) is 18.0 Å². The molecule has 0 fully saturated rings. The van der Waals surface area contributed by atoms with E-state index in [2.05, 4.69) is 5.32 Å². The van der Waals surface area contributed by atoms with Crippen molar-refractivity contribution in [1.29, 1.82) is 0 Å². The largest absolute Gasteiger partial charge is 0.419 e. The number of halogens is 1. The summed E-state index contributed by atoms with van der Waals surface area (Å²) in [5.41, 5.74) is 3.16. The van der Waals surface area contributed by atoms with Crippen molar-refractivity contribution in [2.24, 2.45) is 0 Å². The first kappa shape index (κ1) is 18.5. The molecule has 0 aliphatic carbocycles. The molecule has 0 saturated heterocycles. The predicted octanol–water partition coefficient (Wildman–Crippen LogP) is 4.61. The summed E-state index contributed by atoms with van der Waals surface area (Å²) < 4.78 is 6.70. The van der Waals surface area contributed by atoms with Crippen LogP contribution in [0.1, 0.15) is 23.6 Å². The maximum Gasteiger partial charge on any atom is 0.419 e. The maximum atomic E-state index is 12.7. The van der Waals surface area contributed by atoms with E-state index in [1.54, 1.807) is 41.7 Å². The minimum absolute atomic E-state index is 0.150. The smallest absolute Gasteiger partial charge is 0.408 e. The molecule has 28 heavy (non-hydrogen) atoms. The third-order valence-corrected chi connectivity index (χ3v) is 5.47. The standard InChI is InChI=1S/C21H17ClN2O3S/c22-16-7-5-14(6-8-16)20(15-10-12-28-13-15)23-19(25)9-11-24-17-3-1-2-4-18(17)27-21(24)26/h1-8,10,12-13,20H,9,11H2,(H,23,25). The molecule has 0 saturated carbocycles. The Bertz CT molecular complexity index is 1150. The van der Waals surface area contributed by atoms with Crippen molar-refractivity contribution < 1.29 is 9.21 Å². The predicted molar refractivity (Wildman–Crippen MR) is 111 cm³/mol. The van der Waals surface area contributed by atoms with Crippen LogP contribution in [-0.4, -0.2) is 10.5 Å². The Hall–Kier alpha value is -2.83. The lowest BCUT2D eigenvalue weighted by Gasteiger charge is -2.19. The lowest BCUT2D eigenvalue weighted by Crippen LogP contribution is -2.30. The molecule has 2 heterocycles. The molecule has 5 nitrogen and oxygen atoms in total. The second-order valence-corrected chi connectivity index (χ2v) is 7.56. The molecular formula is C21H17ClN2O3S. The van der Waals surface area contributed by atoms with Gasteiger partial charge in [0.05, 0.1) is 11.6 Å². The SMILES string of the molecule is O=C(CCn1c(=O)oc2ccccc21)NC(c1ccc(Cl)cc1)c1ccsc1. The average Bonchev–Trinajstić information content (AvgIpc) is 3.33. The van der Waals surface area contributed by atoms with E-state index in [0.29, 0.717) is 16.1 Å². The summed E-state index contributed by atoms with van der Waals surface area (Å²) in [6.45, 7) is 0.249. The second kappa shape index (κ2) is 8.04. The number of aromatic nitrogens is 1. The molecule has 4 rings (SSSR count). The molecule has 0 aliphatic rings. The van der Waals surface area contributed by atoms with Crippen LogP contribution in [-0.2, 0) is 11.3 Å². The normalized spacial score (nSPS) is 12.2. The van der Waals surface area contributed by atoms with Gasteiger partial charge in [-0.3, -0.25) is 9.36 Å². The molecule has 4 aromatic rings. The van der Waals surface area contributed by atoms with Crippen LogP contribution in [0.3, 0.4) is 0 Å². The third-order valence-electron chi connectivity index (χ3n) is 4.52. The first-order valence-electron chi connectivity index (χ1n) is 8.77. The quantitative estimate of drug-likeness (QED) is 0.503. The van der Waals surface area contributed by atoms with Crippen molar-refractivity contribution in [1.82, 2.24) is 9.88 Å². The molecule has 0 radical (unpaired) electrons. The van der Waals surface area contributed by atoms with E-state index in [1.165, 1.54) is 4.57 Å². The van der Waals surface area contributed by atoms with Gasteiger partial charge in [-0.05, 0) is 52.2 Å². The van der Waals surface area contributed by atoms with E-state index < -0.39 is 5.76 Å².